The predicted molar refractivity (Wildman–Crippen MR) is 92.9 cm³/mol. The molecular formula is C18H29N3. The molecule has 0 aromatic heterocycles. The second kappa shape index (κ2) is 10.0. The van der Waals surface area contributed by atoms with Gasteiger partial charge < -0.3 is 10.2 Å². The molecule has 3 heteroatoms. The summed E-state index contributed by atoms with van der Waals surface area (Å²) in [4.78, 5) is 6.97. The van der Waals surface area contributed by atoms with E-state index in [0.29, 0.717) is 5.92 Å². The summed E-state index contributed by atoms with van der Waals surface area (Å²) in [5.41, 5.74) is 1.34. The molecule has 1 unspecified atom stereocenters. The van der Waals surface area contributed by atoms with Crippen molar-refractivity contribution in [3.05, 3.63) is 48.6 Å². The van der Waals surface area contributed by atoms with Gasteiger partial charge in [-0.3, -0.25) is 4.99 Å². The van der Waals surface area contributed by atoms with E-state index in [-0.39, 0.29) is 0 Å². The maximum Gasteiger partial charge on any atom is 0.193 e. The minimum atomic E-state index is 0.432. The third-order valence-corrected chi connectivity index (χ3v) is 3.48. The highest BCUT2D eigenvalue weighted by Crippen LogP contribution is 2.14. The van der Waals surface area contributed by atoms with Crippen LogP contribution < -0.4 is 5.32 Å². The number of aliphatic imine (C=N–C) groups is 1. The summed E-state index contributed by atoms with van der Waals surface area (Å²) in [6.07, 6.45) is 4.12. The van der Waals surface area contributed by atoms with Crippen LogP contribution in [0.3, 0.4) is 0 Å². The van der Waals surface area contributed by atoms with Crippen LogP contribution >= 0.6 is 0 Å². The topological polar surface area (TPSA) is 27.6 Å². The molecule has 0 radical (unpaired) electrons. The van der Waals surface area contributed by atoms with Crippen molar-refractivity contribution in [1.29, 1.82) is 0 Å². The highest BCUT2D eigenvalue weighted by Gasteiger charge is 2.08. The summed E-state index contributed by atoms with van der Waals surface area (Å²) in [6.45, 7) is 10.8. The fourth-order valence-corrected chi connectivity index (χ4v) is 2.16. The molecule has 1 atom stereocenters. The molecule has 1 aromatic rings. The van der Waals surface area contributed by atoms with E-state index in [1.807, 2.05) is 6.08 Å². The lowest BCUT2D eigenvalue weighted by Gasteiger charge is -2.22. The van der Waals surface area contributed by atoms with Crippen LogP contribution in [0, 0.1) is 0 Å². The largest absolute Gasteiger partial charge is 0.357 e. The summed E-state index contributed by atoms with van der Waals surface area (Å²) in [5, 5.41) is 3.37. The maximum atomic E-state index is 4.77. The van der Waals surface area contributed by atoms with Gasteiger partial charge in [-0.2, -0.15) is 0 Å². The highest BCUT2D eigenvalue weighted by atomic mass is 15.3. The second-order valence-electron chi connectivity index (χ2n) is 5.36. The van der Waals surface area contributed by atoms with E-state index in [4.69, 9.17) is 4.99 Å². The van der Waals surface area contributed by atoms with Gasteiger partial charge in [0.05, 0.1) is 0 Å². The molecule has 0 aliphatic heterocycles. The average molecular weight is 287 g/mol. The minimum absolute atomic E-state index is 0.432. The van der Waals surface area contributed by atoms with Crippen LogP contribution in [0.4, 0.5) is 0 Å². The Kier molecular flexibility index (Phi) is 8.25. The van der Waals surface area contributed by atoms with Crippen LogP contribution in [0.15, 0.2) is 48.0 Å². The van der Waals surface area contributed by atoms with Gasteiger partial charge in [0.25, 0.3) is 0 Å². The summed E-state index contributed by atoms with van der Waals surface area (Å²) >= 11 is 0. The van der Waals surface area contributed by atoms with Crippen LogP contribution in [0.1, 0.15) is 38.2 Å². The number of allylic oxidation sites excluding steroid dienone is 1. The van der Waals surface area contributed by atoms with E-state index in [2.05, 4.69) is 68.0 Å². The zero-order valence-corrected chi connectivity index (χ0v) is 13.7. The molecule has 0 fully saturated rings. The van der Waals surface area contributed by atoms with Crippen molar-refractivity contribution in [3.8, 4) is 0 Å². The van der Waals surface area contributed by atoms with E-state index >= 15 is 0 Å². The van der Waals surface area contributed by atoms with Crippen molar-refractivity contribution in [1.82, 2.24) is 10.2 Å². The Hall–Kier alpha value is -1.77. The molecule has 3 nitrogen and oxygen atoms in total. The lowest BCUT2D eigenvalue weighted by Crippen LogP contribution is -2.39. The number of nitrogens with zero attached hydrogens (tertiary/aromatic N) is 2. The third-order valence-electron chi connectivity index (χ3n) is 3.48. The molecule has 116 valence electrons. The summed E-state index contributed by atoms with van der Waals surface area (Å²) in [7, 11) is 2.10. The van der Waals surface area contributed by atoms with Gasteiger partial charge in [-0.05, 0) is 25.3 Å². The molecule has 0 bridgehead atoms. The first-order chi connectivity index (χ1) is 10.2. The van der Waals surface area contributed by atoms with E-state index in [0.717, 1.165) is 38.4 Å². The molecular weight excluding hydrogens is 258 g/mol. The van der Waals surface area contributed by atoms with E-state index in [9.17, 15) is 0 Å². The van der Waals surface area contributed by atoms with Crippen molar-refractivity contribution in [2.75, 3.05) is 26.7 Å². The molecule has 0 amide bonds. The minimum Gasteiger partial charge on any atom is -0.357 e. The average Bonchev–Trinajstić information content (AvgIpc) is 2.52. The first-order valence-corrected chi connectivity index (χ1v) is 7.84. The number of hydrogen-bond acceptors (Lipinski definition) is 1. The monoisotopic (exact) mass is 287 g/mol. The number of nitrogens with one attached hydrogen (secondary N) is 1. The quantitative estimate of drug-likeness (QED) is 0.342. The van der Waals surface area contributed by atoms with Crippen molar-refractivity contribution < 1.29 is 0 Å². The van der Waals surface area contributed by atoms with Crippen LogP contribution in [0.25, 0.3) is 0 Å². The lowest BCUT2D eigenvalue weighted by atomic mass is 10.0. The molecule has 0 spiro atoms. The van der Waals surface area contributed by atoms with Gasteiger partial charge in [0.1, 0.15) is 0 Å². The number of hydrogen-bond donors (Lipinski definition) is 1. The zero-order valence-electron chi connectivity index (χ0n) is 13.7. The van der Waals surface area contributed by atoms with E-state index < -0.39 is 0 Å². The van der Waals surface area contributed by atoms with Crippen molar-refractivity contribution >= 4 is 5.96 Å². The van der Waals surface area contributed by atoms with E-state index in [1.54, 1.807) is 0 Å². The summed E-state index contributed by atoms with van der Waals surface area (Å²) in [5.74, 6) is 1.42. The van der Waals surface area contributed by atoms with Gasteiger partial charge >= 0.3 is 0 Å². The van der Waals surface area contributed by atoms with Crippen molar-refractivity contribution in [2.45, 2.75) is 32.6 Å². The van der Waals surface area contributed by atoms with Crippen LogP contribution in [0.2, 0.25) is 0 Å². The molecule has 0 saturated heterocycles. The molecule has 0 aliphatic rings. The molecule has 1 rings (SSSR count). The normalized spacial score (nSPS) is 12.8. The second-order valence-corrected chi connectivity index (χ2v) is 5.36. The Bertz CT molecular complexity index is 425. The molecule has 0 aliphatic carbocycles. The van der Waals surface area contributed by atoms with Gasteiger partial charge in [0, 0.05) is 32.6 Å². The fraction of sp³-hybridized carbons (Fsp3) is 0.500. The van der Waals surface area contributed by atoms with Crippen molar-refractivity contribution in [2.24, 2.45) is 4.99 Å². The van der Waals surface area contributed by atoms with Gasteiger partial charge in [-0.15, -0.1) is 6.58 Å². The maximum absolute atomic E-state index is 4.77. The number of guanidine groups is 1. The molecule has 1 N–H and O–H groups in total. The number of rotatable bonds is 8. The fourth-order valence-electron chi connectivity index (χ4n) is 2.16. The molecule has 0 heterocycles. The lowest BCUT2D eigenvalue weighted by molar-refractivity contribution is 0.469. The Labute approximate surface area is 129 Å². The summed E-state index contributed by atoms with van der Waals surface area (Å²) in [6, 6.07) is 10.6. The molecule has 21 heavy (non-hydrogen) atoms. The Morgan fingerprint density at radius 3 is 2.71 bits per heavy atom. The smallest absolute Gasteiger partial charge is 0.193 e. The van der Waals surface area contributed by atoms with Crippen molar-refractivity contribution in [3.63, 3.8) is 0 Å². The zero-order chi connectivity index (χ0) is 15.5. The number of unbranched alkanes of at least 4 members (excludes halogenated alkanes) is 1. The van der Waals surface area contributed by atoms with Gasteiger partial charge in [0.15, 0.2) is 5.96 Å². The van der Waals surface area contributed by atoms with Crippen LogP contribution in [-0.4, -0.2) is 37.5 Å². The van der Waals surface area contributed by atoms with E-state index in [1.165, 1.54) is 5.56 Å². The Balaban J connectivity index is 2.60. The molecule has 0 saturated carbocycles. The Morgan fingerprint density at radius 2 is 2.10 bits per heavy atom. The third kappa shape index (κ3) is 6.48. The van der Waals surface area contributed by atoms with Gasteiger partial charge in [-0.25, -0.2) is 0 Å². The van der Waals surface area contributed by atoms with Crippen LogP contribution in [-0.2, 0) is 0 Å². The first-order valence-electron chi connectivity index (χ1n) is 7.84. The first kappa shape index (κ1) is 17.3. The summed E-state index contributed by atoms with van der Waals surface area (Å²) < 4.78 is 0. The highest BCUT2D eigenvalue weighted by molar-refractivity contribution is 5.79. The molecule has 1 aromatic carbocycles. The van der Waals surface area contributed by atoms with Crippen LogP contribution in [0.5, 0.6) is 0 Å². The number of benzene rings is 1. The van der Waals surface area contributed by atoms with Gasteiger partial charge in [0.2, 0.25) is 0 Å². The predicted octanol–water partition coefficient (Wildman–Crippen LogP) is 3.65. The van der Waals surface area contributed by atoms with Gasteiger partial charge in [-0.1, -0.05) is 43.3 Å². The standard InChI is InChI=1S/C18H29N3/c1-5-7-11-14-21(4)18(19-6-2)20-15-16(3)17-12-9-8-10-13-17/h5,8-10,12-13,16H,1,6-7,11,14-15H2,2-4H3,(H,19,20). The Morgan fingerprint density at radius 1 is 1.38 bits per heavy atom. The SMILES string of the molecule is C=CCCCN(C)C(=NCC(C)c1ccccc1)NCC.